The van der Waals surface area contributed by atoms with Crippen LogP contribution in [0.2, 0.25) is 0 Å². The normalized spacial score (nSPS) is 40.0. The maximum absolute atomic E-state index is 14.3. The van der Waals surface area contributed by atoms with Gasteiger partial charge in [-0.05, 0) is 46.0 Å². The fourth-order valence-corrected chi connectivity index (χ4v) is 7.04. The number of allylic oxidation sites excluding steroid dienone is 1. The van der Waals surface area contributed by atoms with E-state index in [1.165, 1.54) is 11.3 Å². The summed E-state index contributed by atoms with van der Waals surface area (Å²) in [6.07, 6.45) is 15.4. The van der Waals surface area contributed by atoms with Gasteiger partial charge in [0.05, 0.1) is 30.8 Å². The van der Waals surface area contributed by atoms with Crippen molar-refractivity contribution in [1.29, 1.82) is 0 Å². The Bertz CT molecular complexity index is 927. The summed E-state index contributed by atoms with van der Waals surface area (Å²) in [7, 11) is 0. The monoisotopic (exact) mass is 486 g/mol. The number of carbonyl (C=O) groups excluding carboxylic acids is 3. The van der Waals surface area contributed by atoms with E-state index in [0.717, 1.165) is 44.9 Å². The lowest BCUT2D eigenvalue weighted by molar-refractivity contribution is -0.162. The molecule has 0 bridgehead atoms. The Kier molecular flexibility index (Phi) is 6.55. The van der Waals surface area contributed by atoms with E-state index >= 15 is 0 Å². The zero-order valence-electron chi connectivity index (χ0n) is 20.9. The Morgan fingerprint density at radius 1 is 1.03 bits per heavy atom. The second kappa shape index (κ2) is 9.36. The Hall–Kier alpha value is -2.19. The predicted molar refractivity (Wildman–Crippen MR) is 128 cm³/mol. The Morgan fingerprint density at radius 2 is 1.80 bits per heavy atom. The fraction of sp³-hybridized carbons (Fsp3) is 0.741. The molecule has 8 nitrogen and oxygen atoms in total. The Balaban J connectivity index is 1.62. The maximum Gasteiger partial charge on any atom is 0.313 e. The van der Waals surface area contributed by atoms with Crippen LogP contribution < -0.4 is 0 Å². The molecule has 1 aliphatic carbocycles. The van der Waals surface area contributed by atoms with Crippen molar-refractivity contribution in [3.63, 3.8) is 0 Å². The van der Waals surface area contributed by atoms with Crippen LogP contribution in [-0.4, -0.2) is 81.8 Å². The Morgan fingerprint density at radius 3 is 2.54 bits per heavy atom. The number of ether oxygens (including phenoxy) is 2. The van der Waals surface area contributed by atoms with Crippen molar-refractivity contribution >= 4 is 17.8 Å². The minimum absolute atomic E-state index is 0.124. The van der Waals surface area contributed by atoms with Crippen molar-refractivity contribution in [1.82, 2.24) is 9.80 Å². The number of fused-ring (bicyclic) bond motifs is 2. The highest BCUT2D eigenvalue weighted by Crippen LogP contribution is 2.57. The SMILES string of the molecule is C[C@H](CO)N1C(=O)[C@@H]2[C@H]3C(=O)OCCCC/C=C\[C@@]3(C)O[C@@]23C=CCN(C2CCCCC2)C(=O)C13. The van der Waals surface area contributed by atoms with E-state index in [0.29, 0.717) is 13.2 Å². The van der Waals surface area contributed by atoms with Crippen LogP contribution in [0.5, 0.6) is 0 Å². The molecule has 1 saturated carbocycles. The average Bonchev–Trinajstić information content (AvgIpc) is 3.19. The third-order valence-electron chi connectivity index (χ3n) is 8.72. The van der Waals surface area contributed by atoms with Gasteiger partial charge in [0.25, 0.3) is 0 Å². The summed E-state index contributed by atoms with van der Waals surface area (Å²) in [6, 6.07) is -1.39. The molecule has 2 saturated heterocycles. The number of carbonyl (C=O) groups is 3. The number of cyclic esters (lactones) is 1. The molecular weight excluding hydrogens is 448 g/mol. The topological polar surface area (TPSA) is 96.4 Å². The first-order chi connectivity index (χ1) is 16.8. The number of aliphatic hydroxyl groups is 1. The number of nitrogens with zero attached hydrogens (tertiary/aromatic N) is 2. The standard InChI is InChI=1S/C27H38N2O6/c1-18(17-30)29-22-24(32)28(19-11-6-5-7-12-19)15-10-14-27(22)20(23(29)31)21-25(33)34-16-9-4-3-8-13-26(21,2)35-27/h8,10,13-14,18-22,30H,3-7,9,11-12,15-17H2,1-2H3/b13-8-/t18-,20+,21+,22?,26-,27+/m1/s1. The van der Waals surface area contributed by atoms with Gasteiger partial charge in [-0.3, -0.25) is 14.4 Å². The van der Waals surface area contributed by atoms with E-state index in [1.54, 1.807) is 6.92 Å². The van der Waals surface area contributed by atoms with Gasteiger partial charge in [0.15, 0.2) is 0 Å². The minimum atomic E-state index is -1.29. The van der Waals surface area contributed by atoms with Crippen LogP contribution in [0.3, 0.4) is 0 Å². The molecule has 1 unspecified atom stereocenters. The van der Waals surface area contributed by atoms with E-state index in [1.807, 2.05) is 36.1 Å². The quantitative estimate of drug-likeness (QED) is 0.486. The minimum Gasteiger partial charge on any atom is -0.465 e. The van der Waals surface area contributed by atoms with Crippen molar-refractivity contribution in [2.45, 2.75) is 94.5 Å². The fourth-order valence-electron chi connectivity index (χ4n) is 7.04. The van der Waals surface area contributed by atoms with Crippen LogP contribution in [0.1, 0.15) is 65.2 Å². The van der Waals surface area contributed by atoms with E-state index in [9.17, 15) is 19.5 Å². The molecule has 0 aromatic heterocycles. The molecule has 2 amide bonds. The van der Waals surface area contributed by atoms with Gasteiger partial charge in [-0.1, -0.05) is 43.6 Å². The second-order valence-corrected chi connectivity index (χ2v) is 11.0. The van der Waals surface area contributed by atoms with Gasteiger partial charge in [0, 0.05) is 12.6 Å². The van der Waals surface area contributed by atoms with Crippen molar-refractivity contribution in [2.75, 3.05) is 19.8 Å². The molecule has 192 valence electrons. The highest BCUT2D eigenvalue weighted by molar-refractivity contribution is 5.99. The van der Waals surface area contributed by atoms with Crippen LogP contribution in [-0.2, 0) is 23.9 Å². The maximum atomic E-state index is 14.3. The molecule has 1 N–H and O–H groups in total. The third-order valence-corrected chi connectivity index (χ3v) is 8.72. The predicted octanol–water partition coefficient (Wildman–Crippen LogP) is 2.35. The van der Waals surface area contributed by atoms with Crippen LogP contribution in [0.25, 0.3) is 0 Å². The molecule has 6 atom stereocenters. The molecule has 4 heterocycles. The largest absolute Gasteiger partial charge is 0.465 e. The number of aliphatic hydroxyl groups excluding tert-OH is 1. The summed E-state index contributed by atoms with van der Waals surface area (Å²) >= 11 is 0. The molecule has 3 fully saturated rings. The van der Waals surface area contributed by atoms with Crippen LogP contribution in [0.15, 0.2) is 24.3 Å². The molecule has 5 aliphatic rings. The summed E-state index contributed by atoms with van der Waals surface area (Å²) in [5.74, 6) is -2.70. The second-order valence-electron chi connectivity index (χ2n) is 11.0. The summed E-state index contributed by atoms with van der Waals surface area (Å²) in [4.78, 5) is 45.2. The van der Waals surface area contributed by atoms with E-state index < -0.39 is 41.1 Å². The molecule has 5 rings (SSSR count). The van der Waals surface area contributed by atoms with Gasteiger partial charge < -0.3 is 24.4 Å². The highest BCUT2D eigenvalue weighted by atomic mass is 16.6. The van der Waals surface area contributed by atoms with Crippen molar-refractivity contribution in [2.24, 2.45) is 11.8 Å². The van der Waals surface area contributed by atoms with Crippen molar-refractivity contribution in [3.05, 3.63) is 24.3 Å². The third kappa shape index (κ3) is 3.84. The number of rotatable bonds is 3. The zero-order chi connectivity index (χ0) is 24.8. The number of hydrogen-bond acceptors (Lipinski definition) is 6. The van der Waals surface area contributed by atoms with Crippen molar-refractivity contribution < 1.29 is 29.0 Å². The lowest BCUT2D eigenvalue weighted by Crippen LogP contribution is -2.59. The number of hydrogen-bond donors (Lipinski definition) is 1. The van der Waals surface area contributed by atoms with Gasteiger partial charge in [0.1, 0.15) is 17.6 Å². The Labute approximate surface area is 207 Å². The average molecular weight is 487 g/mol. The van der Waals surface area contributed by atoms with Crippen LogP contribution in [0.4, 0.5) is 0 Å². The molecule has 0 radical (unpaired) electrons. The van der Waals surface area contributed by atoms with Gasteiger partial charge >= 0.3 is 5.97 Å². The molecule has 1 spiro atoms. The molecule has 0 aromatic carbocycles. The van der Waals surface area contributed by atoms with E-state index in [-0.39, 0.29) is 24.5 Å². The lowest BCUT2D eigenvalue weighted by Gasteiger charge is -2.41. The first-order valence-electron chi connectivity index (χ1n) is 13.3. The molecule has 4 aliphatic heterocycles. The lowest BCUT2D eigenvalue weighted by atomic mass is 9.74. The molecular formula is C27H38N2O6. The van der Waals surface area contributed by atoms with Crippen LogP contribution in [0, 0.1) is 11.8 Å². The highest BCUT2D eigenvalue weighted by Gasteiger charge is 2.75. The van der Waals surface area contributed by atoms with E-state index in [2.05, 4.69) is 0 Å². The van der Waals surface area contributed by atoms with Crippen molar-refractivity contribution in [3.8, 4) is 0 Å². The molecule has 0 aromatic rings. The molecule has 8 heteroatoms. The number of likely N-dealkylation sites (tertiary alicyclic amines) is 1. The van der Waals surface area contributed by atoms with Gasteiger partial charge in [-0.15, -0.1) is 0 Å². The van der Waals surface area contributed by atoms with E-state index in [4.69, 9.17) is 9.47 Å². The zero-order valence-corrected chi connectivity index (χ0v) is 20.9. The number of esters is 1. The summed E-state index contributed by atoms with van der Waals surface area (Å²) in [5.41, 5.74) is -2.37. The van der Waals surface area contributed by atoms with Gasteiger partial charge in [0.2, 0.25) is 11.8 Å². The first kappa shape index (κ1) is 24.5. The summed E-state index contributed by atoms with van der Waals surface area (Å²) in [5, 5.41) is 10.0. The molecule has 35 heavy (non-hydrogen) atoms. The van der Waals surface area contributed by atoms with Gasteiger partial charge in [-0.2, -0.15) is 0 Å². The number of amides is 2. The van der Waals surface area contributed by atoms with Crippen LogP contribution >= 0.6 is 0 Å². The van der Waals surface area contributed by atoms with Gasteiger partial charge in [-0.25, -0.2) is 0 Å². The first-order valence-corrected chi connectivity index (χ1v) is 13.3. The smallest absolute Gasteiger partial charge is 0.313 e. The summed E-state index contributed by atoms with van der Waals surface area (Å²) < 4.78 is 12.4. The summed E-state index contributed by atoms with van der Waals surface area (Å²) in [6.45, 7) is 4.05.